The van der Waals surface area contributed by atoms with Gasteiger partial charge in [0, 0.05) is 31.1 Å². The summed E-state index contributed by atoms with van der Waals surface area (Å²) in [4.78, 5) is 13.3. The molecule has 0 unspecified atom stereocenters. The summed E-state index contributed by atoms with van der Waals surface area (Å²) < 4.78 is 1.13. The lowest BCUT2D eigenvalue weighted by molar-refractivity contribution is -0.111. The minimum atomic E-state index is -0.321. The molecule has 0 fully saturated rings. The lowest BCUT2D eigenvalue weighted by atomic mass is 10.3. The molecule has 4 heteroatoms. The Labute approximate surface area is 98.4 Å². The maximum absolute atomic E-state index is 11.0. The van der Waals surface area contributed by atoms with Gasteiger partial charge in [0.2, 0.25) is 0 Å². The fraction of sp³-hybridized carbons (Fsp3) is 0. The van der Waals surface area contributed by atoms with E-state index in [-0.39, 0.29) is 5.91 Å². The van der Waals surface area contributed by atoms with Crippen LogP contribution in [0.25, 0.3) is 0 Å². The van der Waals surface area contributed by atoms with Crippen LogP contribution in [-0.2, 0) is 4.79 Å². The predicted octanol–water partition coefficient (Wildman–Crippen LogP) is 2.59. The van der Waals surface area contributed by atoms with Crippen LogP contribution in [0.3, 0.4) is 0 Å². The molecular weight excluding hydrogens is 345 g/mol. The average molecular weight is 350 g/mol. The van der Waals surface area contributed by atoms with Crippen molar-refractivity contribution < 1.29 is 4.79 Å². The number of amides is 1. The molecule has 0 aliphatic rings. The van der Waals surface area contributed by atoms with E-state index in [1.165, 1.54) is 0 Å². The van der Waals surface area contributed by atoms with E-state index in [4.69, 9.17) is 0 Å². The first-order valence-electron chi connectivity index (χ1n) is 3.40. The van der Waals surface area contributed by atoms with E-state index in [0.29, 0.717) is 0 Å². The summed E-state index contributed by atoms with van der Waals surface area (Å²) in [5, 5.41) is 2.62. The van der Waals surface area contributed by atoms with Gasteiger partial charge < -0.3 is 5.32 Å². The van der Waals surface area contributed by atoms with Crippen LogP contribution in [0.15, 0.2) is 24.3 Å². The van der Waals surface area contributed by atoms with Gasteiger partial charge in [-0.3, -0.25) is 4.79 Å². The largest absolute Gasteiger partial charge is 0.315 e. The fourth-order valence-corrected chi connectivity index (χ4v) is 1.28. The van der Waals surface area contributed by atoms with E-state index < -0.39 is 0 Å². The molecule has 0 saturated carbocycles. The Morgan fingerprint density at radius 3 is 2.54 bits per heavy atom. The summed E-state index contributed by atoms with van der Waals surface area (Å²) in [5.41, 5.74) is 0.751. The number of carbonyl (C=O) groups is 1. The van der Waals surface area contributed by atoms with Crippen LogP contribution in [0, 0.1) is 14.3 Å². The zero-order valence-electron chi connectivity index (χ0n) is 6.47. The number of nitrogens with one attached hydrogen (secondary N) is 1. The zero-order chi connectivity index (χ0) is 9.68. The molecular formula is C9H5BrINO. The van der Waals surface area contributed by atoms with Crippen molar-refractivity contribution in [2.75, 3.05) is 5.32 Å². The number of hydrogen-bond acceptors (Lipinski definition) is 1. The van der Waals surface area contributed by atoms with Gasteiger partial charge in [0.25, 0.3) is 0 Å². The smallest absolute Gasteiger partial charge is 0.301 e. The SMILES string of the molecule is O=C(C#CBr)Nc1ccc(I)cc1. The topological polar surface area (TPSA) is 29.1 Å². The quantitative estimate of drug-likeness (QED) is 0.612. The Balaban J connectivity index is 2.68. The highest BCUT2D eigenvalue weighted by atomic mass is 127. The molecule has 1 N–H and O–H groups in total. The van der Waals surface area contributed by atoms with Crippen LogP contribution in [0.4, 0.5) is 5.69 Å². The van der Waals surface area contributed by atoms with Crippen LogP contribution in [0.2, 0.25) is 0 Å². The molecule has 1 amide bonds. The molecule has 1 aromatic rings. The van der Waals surface area contributed by atoms with Crippen molar-refractivity contribution in [1.29, 1.82) is 0 Å². The number of hydrogen-bond donors (Lipinski definition) is 1. The minimum Gasteiger partial charge on any atom is -0.315 e. The van der Waals surface area contributed by atoms with Crippen molar-refractivity contribution in [1.82, 2.24) is 0 Å². The molecule has 66 valence electrons. The average Bonchev–Trinajstić information content (AvgIpc) is 2.09. The third-order valence-electron chi connectivity index (χ3n) is 1.26. The Bertz CT molecular complexity index is 363. The predicted molar refractivity (Wildman–Crippen MR) is 64.5 cm³/mol. The first-order chi connectivity index (χ1) is 6.22. The lowest BCUT2D eigenvalue weighted by Crippen LogP contribution is -2.07. The summed E-state index contributed by atoms with van der Waals surface area (Å²) in [6.45, 7) is 0. The van der Waals surface area contributed by atoms with Crippen molar-refractivity contribution in [2.45, 2.75) is 0 Å². The highest BCUT2D eigenvalue weighted by molar-refractivity contribution is 14.1. The van der Waals surface area contributed by atoms with E-state index in [1.54, 1.807) is 0 Å². The summed E-state index contributed by atoms with van der Waals surface area (Å²) in [6.07, 6.45) is 0. The van der Waals surface area contributed by atoms with E-state index in [0.717, 1.165) is 9.26 Å². The number of benzene rings is 1. The molecule has 0 radical (unpaired) electrons. The van der Waals surface area contributed by atoms with Crippen molar-refractivity contribution in [3.8, 4) is 10.8 Å². The second-order valence-corrected chi connectivity index (χ2v) is 3.82. The zero-order valence-corrected chi connectivity index (χ0v) is 10.2. The molecule has 0 aliphatic carbocycles. The van der Waals surface area contributed by atoms with Crippen LogP contribution in [0.1, 0.15) is 0 Å². The Hall–Kier alpha value is -0.540. The van der Waals surface area contributed by atoms with Crippen molar-refractivity contribution in [3.63, 3.8) is 0 Å². The lowest BCUT2D eigenvalue weighted by Gasteiger charge is -1.99. The highest BCUT2D eigenvalue weighted by Crippen LogP contribution is 2.10. The maximum Gasteiger partial charge on any atom is 0.301 e. The third kappa shape index (κ3) is 3.79. The standard InChI is InChI=1S/C9H5BrINO/c10-6-5-9(13)12-8-3-1-7(11)2-4-8/h1-4H,(H,12,13). The molecule has 1 rings (SSSR count). The second kappa shape index (κ2) is 5.25. The van der Waals surface area contributed by atoms with Crippen LogP contribution >= 0.6 is 38.5 Å². The van der Waals surface area contributed by atoms with Crippen LogP contribution in [-0.4, -0.2) is 5.91 Å². The summed E-state index contributed by atoms with van der Waals surface area (Å²) in [6, 6.07) is 7.49. The molecule has 0 aromatic heterocycles. The Morgan fingerprint density at radius 2 is 2.00 bits per heavy atom. The second-order valence-electron chi connectivity index (χ2n) is 2.18. The number of anilines is 1. The van der Waals surface area contributed by atoms with E-state index >= 15 is 0 Å². The molecule has 0 aliphatic heterocycles. The summed E-state index contributed by atoms with van der Waals surface area (Å²) in [7, 11) is 0. The Kier molecular flexibility index (Phi) is 4.25. The van der Waals surface area contributed by atoms with Gasteiger partial charge in [-0.15, -0.1) is 0 Å². The molecule has 1 aromatic carbocycles. The first kappa shape index (κ1) is 10.5. The van der Waals surface area contributed by atoms with Crippen molar-refractivity contribution in [3.05, 3.63) is 27.8 Å². The molecule has 0 atom stereocenters. The normalized spacial score (nSPS) is 8.46. The molecule has 13 heavy (non-hydrogen) atoms. The summed E-state index contributed by atoms with van der Waals surface area (Å²) in [5.74, 6) is 2.00. The van der Waals surface area contributed by atoms with Crippen LogP contribution in [0.5, 0.6) is 0 Å². The van der Waals surface area contributed by atoms with E-state index in [1.807, 2.05) is 24.3 Å². The van der Waals surface area contributed by atoms with Gasteiger partial charge in [-0.25, -0.2) is 0 Å². The summed E-state index contributed by atoms with van der Waals surface area (Å²) >= 11 is 5.05. The third-order valence-corrected chi connectivity index (χ3v) is 2.18. The van der Waals surface area contributed by atoms with Gasteiger partial charge in [-0.1, -0.05) is 0 Å². The van der Waals surface area contributed by atoms with Gasteiger partial charge in [0.1, 0.15) is 0 Å². The van der Waals surface area contributed by atoms with Crippen molar-refractivity contribution in [2.24, 2.45) is 0 Å². The van der Waals surface area contributed by atoms with Gasteiger partial charge in [-0.2, -0.15) is 0 Å². The first-order valence-corrected chi connectivity index (χ1v) is 5.28. The van der Waals surface area contributed by atoms with Gasteiger partial charge in [-0.05, 0) is 51.7 Å². The monoisotopic (exact) mass is 349 g/mol. The number of halogens is 2. The van der Waals surface area contributed by atoms with Crippen molar-refractivity contribution >= 4 is 50.1 Å². The van der Waals surface area contributed by atoms with Crippen LogP contribution < -0.4 is 5.32 Å². The molecule has 2 nitrogen and oxygen atoms in total. The highest BCUT2D eigenvalue weighted by Gasteiger charge is 1.96. The molecule has 0 heterocycles. The van der Waals surface area contributed by atoms with E-state index in [9.17, 15) is 4.79 Å². The Morgan fingerprint density at radius 1 is 1.38 bits per heavy atom. The number of rotatable bonds is 1. The number of carbonyl (C=O) groups excluding carboxylic acids is 1. The van der Waals surface area contributed by atoms with Gasteiger partial charge in [0.05, 0.1) is 0 Å². The fourth-order valence-electron chi connectivity index (χ4n) is 0.738. The molecule has 0 bridgehead atoms. The molecule has 0 saturated heterocycles. The minimum absolute atomic E-state index is 0.321. The maximum atomic E-state index is 11.0. The van der Waals surface area contributed by atoms with Gasteiger partial charge >= 0.3 is 5.91 Å². The van der Waals surface area contributed by atoms with Gasteiger partial charge in [0.15, 0.2) is 0 Å². The molecule has 0 spiro atoms. The van der Waals surface area contributed by atoms with E-state index in [2.05, 4.69) is 54.6 Å².